The van der Waals surface area contributed by atoms with Crippen LogP contribution in [0.4, 0.5) is 0 Å². The van der Waals surface area contributed by atoms with E-state index in [4.69, 9.17) is 0 Å². The van der Waals surface area contributed by atoms with Crippen LogP contribution in [-0.2, 0) is 4.79 Å². The molecule has 96 valence electrons. The van der Waals surface area contributed by atoms with E-state index >= 15 is 0 Å². The third-order valence-corrected chi connectivity index (χ3v) is 2.99. The SMILES string of the molecule is CC(=Cc1ccccc1)CN1CC(=O)NC(C)C1. The lowest BCUT2D eigenvalue weighted by molar-refractivity contribution is -0.125. The quantitative estimate of drug-likeness (QED) is 0.881. The molecule has 3 heteroatoms. The first kappa shape index (κ1) is 12.8. The Labute approximate surface area is 108 Å². The first-order valence-electron chi connectivity index (χ1n) is 6.37. The monoisotopic (exact) mass is 244 g/mol. The second kappa shape index (κ2) is 5.83. The Morgan fingerprint density at radius 2 is 2.17 bits per heavy atom. The Hall–Kier alpha value is -1.61. The lowest BCUT2D eigenvalue weighted by Crippen LogP contribution is -2.53. The molecular formula is C15H20N2O. The van der Waals surface area contributed by atoms with Crippen LogP contribution in [-0.4, -0.2) is 36.5 Å². The fraction of sp³-hybridized carbons (Fsp3) is 0.400. The fourth-order valence-corrected chi connectivity index (χ4v) is 2.37. The molecule has 1 aliphatic rings. The smallest absolute Gasteiger partial charge is 0.234 e. The van der Waals surface area contributed by atoms with Gasteiger partial charge in [-0.25, -0.2) is 0 Å². The van der Waals surface area contributed by atoms with E-state index in [1.807, 2.05) is 25.1 Å². The molecular weight excluding hydrogens is 224 g/mol. The van der Waals surface area contributed by atoms with Crippen LogP contribution in [0.25, 0.3) is 6.08 Å². The van der Waals surface area contributed by atoms with Crippen molar-refractivity contribution in [3.05, 3.63) is 41.5 Å². The molecule has 1 heterocycles. The summed E-state index contributed by atoms with van der Waals surface area (Å²) in [4.78, 5) is 13.6. The number of carbonyl (C=O) groups is 1. The standard InChI is InChI=1S/C15H20N2O/c1-12(8-14-6-4-3-5-7-14)9-17-10-13(2)16-15(18)11-17/h3-8,13H,9-11H2,1-2H3,(H,16,18). The Bertz CT molecular complexity index is 439. The summed E-state index contributed by atoms with van der Waals surface area (Å²) in [5.41, 5.74) is 2.49. The van der Waals surface area contributed by atoms with Crippen molar-refractivity contribution in [1.29, 1.82) is 0 Å². The lowest BCUT2D eigenvalue weighted by Gasteiger charge is -2.31. The molecule has 1 aromatic carbocycles. The average Bonchev–Trinajstić information content (AvgIpc) is 2.28. The average molecular weight is 244 g/mol. The number of rotatable bonds is 3. The van der Waals surface area contributed by atoms with Crippen molar-refractivity contribution in [3.8, 4) is 0 Å². The molecule has 0 radical (unpaired) electrons. The number of amides is 1. The summed E-state index contributed by atoms with van der Waals surface area (Å²) in [6, 6.07) is 10.5. The highest BCUT2D eigenvalue weighted by molar-refractivity contribution is 5.79. The third kappa shape index (κ3) is 3.70. The van der Waals surface area contributed by atoms with E-state index in [1.54, 1.807) is 0 Å². The third-order valence-electron chi connectivity index (χ3n) is 2.99. The normalized spacial score (nSPS) is 21.8. The van der Waals surface area contributed by atoms with Crippen LogP contribution < -0.4 is 5.32 Å². The molecule has 0 aliphatic carbocycles. The minimum absolute atomic E-state index is 0.126. The van der Waals surface area contributed by atoms with Crippen molar-refractivity contribution in [2.75, 3.05) is 19.6 Å². The molecule has 1 aromatic rings. The second-order valence-corrected chi connectivity index (χ2v) is 5.04. The van der Waals surface area contributed by atoms with Crippen LogP contribution in [0.5, 0.6) is 0 Å². The fourth-order valence-electron chi connectivity index (χ4n) is 2.37. The Morgan fingerprint density at radius 1 is 1.44 bits per heavy atom. The molecule has 2 rings (SSSR count). The Balaban J connectivity index is 1.96. The highest BCUT2D eigenvalue weighted by atomic mass is 16.2. The van der Waals surface area contributed by atoms with Gasteiger partial charge in [0.05, 0.1) is 6.54 Å². The number of hydrogen-bond acceptors (Lipinski definition) is 2. The van der Waals surface area contributed by atoms with Gasteiger partial charge in [0.2, 0.25) is 5.91 Å². The summed E-state index contributed by atoms with van der Waals surface area (Å²) < 4.78 is 0. The van der Waals surface area contributed by atoms with E-state index in [9.17, 15) is 4.79 Å². The summed E-state index contributed by atoms with van der Waals surface area (Å²) in [7, 11) is 0. The molecule has 18 heavy (non-hydrogen) atoms. The van der Waals surface area contributed by atoms with Crippen molar-refractivity contribution in [2.24, 2.45) is 0 Å². The number of nitrogens with one attached hydrogen (secondary N) is 1. The van der Waals surface area contributed by atoms with Gasteiger partial charge in [0, 0.05) is 19.1 Å². The summed E-state index contributed by atoms with van der Waals surface area (Å²) in [5.74, 6) is 0.126. The highest BCUT2D eigenvalue weighted by Crippen LogP contribution is 2.09. The lowest BCUT2D eigenvalue weighted by atomic mass is 10.1. The molecule has 1 aliphatic heterocycles. The molecule has 0 aromatic heterocycles. The molecule has 0 bridgehead atoms. The molecule has 0 spiro atoms. The zero-order valence-electron chi connectivity index (χ0n) is 11.0. The summed E-state index contributed by atoms with van der Waals surface area (Å²) in [6.07, 6.45) is 2.18. The first-order chi connectivity index (χ1) is 8.63. The largest absolute Gasteiger partial charge is 0.351 e. The minimum Gasteiger partial charge on any atom is -0.351 e. The molecule has 1 atom stereocenters. The van der Waals surface area contributed by atoms with Crippen molar-refractivity contribution in [3.63, 3.8) is 0 Å². The second-order valence-electron chi connectivity index (χ2n) is 5.04. The van der Waals surface area contributed by atoms with Crippen molar-refractivity contribution in [2.45, 2.75) is 19.9 Å². The van der Waals surface area contributed by atoms with Gasteiger partial charge in [-0.05, 0) is 19.4 Å². The Kier molecular flexibility index (Phi) is 4.15. The van der Waals surface area contributed by atoms with E-state index in [1.165, 1.54) is 11.1 Å². The van der Waals surface area contributed by atoms with E-state index < -0.39 is 0 Å². The van der Waals surface area contributed by atoms with E-state index in [0.717, 1.165) is 13.1 Å². The number of carbonyl (C=O) groups excluding carboxylic acids is 1. The molecule has 1 saturated heterocycles. The van der Waals surface area contributed by atoms with Crippen molar-refractivity contribution in [1.82, 2.24) is 10.2 Å². The van der Waals surface area contributed by atoms with Crippen LogP contribution in [0.3, 0.4) is 0 Å². The van der Waals surface area contributed by atoms with Crippen LogP contribution in [0.15, 0.2) is 35.9 Å². The maximum atomic E-state index is 11.5. The van der Waals surface area contributed by atoms with Crippen molar-refractivity contribution < 1.29 is 4.79 Å². The van der Waals surface area contributed by atoms with Gasteiger partial charge in [0.25, 0.3) is 0 Å². The maximum Gasteiger partial charge on any atom is 0.234 e. The number of piperazine rings is 1. The first-order valence-corrected chi connectivity index (χ1v) is 6.37. The maximum absolute atomic E-state index is 11.5. The van der Waals surface area contributed by atoms with Gasteiger partial charge < -0.3 is 5.32 Å². The molecule has 3 nitrogen and oxygen atoms in total. The summed E-state index contributed by atoms with van der Waals surface area (Å²) in [5, 5.41) is 2.93. The van der Waals surface area contributed by atoms with Crippen LogP contribution >= 0.6 is 0 Å². The number of benzene rings is 1. The highest BCUT2D eigenvalue weighted by Gasteiger charge is 2.20. The van der Waals surface area contributed by atoms with Gasteiger partial charge in [-0.2, -0.15) is 0 Å². The molecule has 1 fully saturated rings. The van der Waals surface area contributed by atoms with Gasteiger partial charge in [-0.1, -0.05) is 42.0 Å². The summed E-state index contributed by atoms with van der Waals surface area (Å²) >= 11 is 0. The van der Waals surface area contributed by atoms with Crippen molar-refractivity contribution >= 4 is 12.0 Å². The Morgan fingerprint density at radius 3 is 2.83 bits per heavy atom. The van der Waals surface area contributed by atoms with Crippen LogP contribution in [0, 0.1) is 0 Å². The van der Waals surface area contributed by atoms with Gasteiger partial charge in [-0.15, -0.1) is 0 Å². The molecule has 1 N–H and O–H groups in total. The molecule has 1 amide bonds. The van der Waals surface area contributed by atoms with Gasteiger partial charge >= 0.3 is 0 Å². The topological polar surface area (TPSA) is 32.3 Å². The number of hydrogen-bond donors (Lipinski definition) is 1. The van der Waals surface area contributed by atoms with E-state index in [-0.39, 0.29) is 11.9 Å². The predicted octanol–water partition coefficient (Wildman–Crippen LogP) is 1.91. The van der Waals surface area contributed by atoms with Gasteiger partial charge in [-0.3, -0.25) is 9.69 Å². The zero-order chi connectivity index (χ0) is 13.0. The molecule has 0 saturated carbocycles. The van der Waals surface area contributed by atoms with Gasteiger partial charge in [0.1, 0.15) is 0 Å². The predicted molar refractivity (Wildman–Crippen MR) is 74.1 cm³/mol. The van der Waals surface area contributed by atoms with Gasteiger partial charge in [0.15, 0.2) is 0 Å². The van der Waals surface area contributed by atoms with Crippen LogP contribution in [0.1, 0.15) is 19.4 Å². The van der Waals surface area contributed by atoms with Crippen LogP contribution in [0.2, 0.25) is 0 Å². The summed E-state index contributed by atoms with van der Waals surface area (Å²) in [6.45, 7) is 6.44. The zero-order valence-corrected chi connectivity index (χ0v) is 11.0. The van der Waals surface area contributed by atoms with E-state index in [2.05, 4.69) is 35.3 Å². The van der Waals surface area contributed by atoms with E-state index in [0.29, 0.717) is 6.54 Å². The molecule has 1 unspecified atom stereocenters. The minimum atomic E-state index is 0.126. The number of nitrogens with zero attached hydrogens (tertiary/aromatic N) is 1.